The topological polar surface area (TPSA) is 85.7 Å². The van der Waals surface area contributed by atoms with E-state index in [-0.39, 0.29) is 59.2 Å². The number of amides is 2. The van der Waals surface area contributed by atoms with E-state index in [1.165, 1.54) is 16.8 Å². The number of aryl methyl sites for hydroxylation is 1. The van der Waals surface area contributed by atoms with Crippen LogP contribution < -0.4 is 10.1 Å². The highest BCUT2D eigenvalue weighted by Gasteiger charge is 2.47. The molecule has 8 nitrogen and oxygen atoms in total. The van der Waals surface area contributed by atoms with Crippen LogP contribution in [0.4, 0.5) is 26.7 Å². The number of carbonyl (C=O) groups excluding carboxylic acids is 2. The first-order chi connectivity index (χ1) is 22.1. The smallest absolute Gasteiger partial charge is 0.410 e. The van der Waals surface area contributed by atoms with Crippen LogP contribution in [0.15, 0.2) is 48.5 Å². The van der Waals surface area contributed by atoms with Crippen LogP contribution in [0.5, 0.6) is 5.75 Å². The molecule has 0 aliphatic carbocycles. The zero-order valence-corrected chi connectivity index (χ0v) is 27.3. The van der Waals surface area contributed by atoms with Gasteiger partial charge < -0.3 is 19.7 Å². The lowest BCUT2D eigenvalue weighted by Crippen LogP contribution is -2.51. The van der Waals surface area contributed by atoms with Crippen molar-refractivity contribution in [2.45, 2.75) is 78.9 Å². The lowest BCUT2D eigenvalue weighted by molar-refractivity contribution is -0.211. The molecule has 1 fully saturated rings. The Kier molecular flexibility index (Phi) is 11.4. The number of alkyl halides is 5. The number of hydrogen-bond donors (Lipinski definition) is 1. The van der Waals surface area contributed by atoms with Gasteiger partial charge in [0.2, 0.25) is 0 Å². The van der Waals surface area contributed by atoms with Gasteiger partial charge in [-0.25, -0.2) is 4.79 Å². The van der Waals surface area contributed by atoms with Crippen molar-refractivity contribution in [1.82, 2.24) is 20.0 Å². The molecule has 2 amide bonds. The van der Waals surface area contributed by atoms with Gasteiger partial charge in [0.05, 0.1) is 22.2 Å². The van der Waals surface area contributed by atoms with Crippen molar-refractivity contribution in [3.05, 3.63) is 70.4 Å². The number of ether oxygens (including phenoxy) is 2. The van der Waals surface area contributed by atoms with Crippen LogP contribution in [0.2, 0.25) is 5.02 Å². The summed E-state index contributed by atoms with van der Waals surface area (Å²) in [5.41, 5.74) is -1.22. The molecule has 0 radical (unpaired) electrons. The molecular formula is C33H38ClF5N4O4. The van der Waals surface area contributed by atoms with E-state index in [1.807, 2.05) is 37.3 Å². The van der Waals surface area contributed by atoms with E-state index in [1.54, 1.807) is 11.8 Å². The van der Waals surface area contributed by atoms with Crippen molar-refractivity contribution in [2.75, 3.05) is 13.1 Å². The van der Waals surface area contributed by atoms with Gasteiger partial charge in [0.1, 0.15) is 12.4 Å². The van der Waals surface area contributed by atoms with E-state index in [4.69, 9.17) is 21.1 Å². The van der Waals surface area contributed by atoms with Crippen molar-refractivity contribution in [1.29, 1.82) is 0 Å². The third kappa shape index (κ3) is 8.74. The van der Waals surface area contributed by atoms with Crippen LogP contribution in [0.1, 0.15) is 62.2 Å². The van der Waals surface area contributed by atoms with Gasteiger partial charge in [-0.2, -0.15) is 27.1 Å². The number of nitrogens with one attached hydrogen (secondary N) is 1. The van der Waals surface area contributed by atoms with Crippen LogP contribution in [0.3, 0.4) is 0 Å². The summed E-state index contributed by atoms with van der Waals surface area (Å²) < 4.78 is 79.1. The number of benzene rings is 2. The van der Waals surface area contributed by atoms with Crippen LogP contribution in [0, 0.1) is 11.3 Å². The maximum absolute atomic E-state index is 13.5. The van der Waals surface area contributed by atoms with E-state index in [0.717, 1.165) is 31.9 Å². The Morgan fingerprint density at radius 1 is 1.09 bits per heavy atom. The Bertz CT molecular complexity index is 1550. The molecule has 3 aromatic rings. The van der Waals surface area contributed by atoms with E-state index in [2.05, 4.69) is 10.4 Å². The highest BCUT2D eigenvalue weighted by Crippen LogP contribution is 2.43. The van der Waals surface area contributed by atoms with Crippen molar-refractivity contribution in [2.24, 2.45) is 11.3 Å². The van der Waals surface area contributed by atoms with Crippen molar-refractivity contribution >= 4 is 23.6 Å². The minimum Gasteiger partial charge on any atom is -0.445 e. The number of likely N-dealkylation sites (tertiary alicyclic amines) is 1. The Hall–Kier alpha value is -3.87. The van der Waals surface area contributed by atoms with Crippen LogP contribution in [-0.2, 0) is 24.3 Å². The molecule has 2 aromatic carbocycles. The van der Waals surface area contributed by atoms with Crippen LogP contribution in [0.25, 0.3) is 11.3 Å². The molecule has 14 heteroatoms. The molecule has 4 rings (SSSR count). The molecule has 1 aliphatic rings. The standard InChI is InChI=1S/C33H38ClF5N4O4/c1-5-43-28(24-14-12-22(15-25(24)47-30(35)36)16-32(3,4)33(37,38)39)26(34)27(41-43)29(44)40-17-23-13-11-20(2)18-42(23)31(45)46-19-21-9-7-6-8-10-21/h6-10,12,14-15,20,23,30H,5,11,13,16-19H2,1-4H3,(H,40,44)/t20-,23+/m1/s1. The first-order valence-corrected chi connectivity index (χ1v) is 15.7. The van der Waals surface area contributed by atoms with Crippen LogP contribution >= 0.6 is 11.6 Å². The zero-order valence-electron chi connectivity index (χ0n) is 26.5. The van der Waals surface area contributed by atoms with E-state index >= 15 is 0 Å². The summed E-state index contributed by atoms with van der Waals surface area (Å²) in [4.78, 5) is 28.0. The molecule has 1 aromatic heterocycles. The van der Waals surface area contributed by atoms with E-state index in [0.29, 0.717) is 13.0 Å². The molecule has 0 spiro atoms. The molecule has 0 saturated carbocycles. The highest BCUT2D eigenvalue weighted by molar-refractivity contribution is 6.36. The summed E-state index contributed by atoms with van der Waals surface area (Å²) >= 11 is 6.65. The number of aromatic nitrogens is 2. The molecule has 2 heterocycles. The summed E-state index contributed by atoms with van der Waals surface area (Å²) in [5.74, 6) is -0.821. The molecule has 1 aliphatic heterocycles. The number of hydrogen-bond acceptors (Lipinski definition) is 5. The normalized spacial score (nSPS) is 17.1. The quantitative estimate of drug-likeness (QED) is 0.206. The molecule has 0 bridgehead atoms. The Balaban J connectivity index is 1.54. The van der Waals surface area contributed by atoms with Gasteiger partial charge >= 0.3 is 18.9 Å². The number of rotatable bonds is 11. The van der Waals surface area contributed by atoms with E-state index in [9.17, 15) is 31.5 Å². The number of halogens is 6. The summed E-state index contributed by atoms with van der Waals surface area (Å²) in [6, 6.07) is 12.7. The average molecular weight is 685 g/mol. The number of nitrogens with zero attached hydrogens (tertiary/aromatic N) is 3. The van der Waals surface area contributed by atoms with Crippen LogP contribution in [-0.4, -0.2) is 58.6 Å². The largest absolute Gasteiger partial charge is 0.445 e. The van der Waals surface area contributed by atoms with Gasteiger partial charge in [-0.05, 0) is 55.4 Å². The number of piperidine rings is 1. The summed E-state index contributed by atoms with van der Waals surface area (Å²) in [6.45, 7) is 3.31. The fourth-order valence-corrected chi connectivity index (χ4v) is 5.81. The van der Waals surface area contributed by atoms with Crippen molar-refractivity contribution in [3.63, 3.8) is 0 Å². The third-order valence-electron chi connectivity index (χ3n) is 8.22. The third-order valence-corrected chi connectivity index (χ3v) is 8.58. The first-order valence-electron chi connectivity index (χ1n) is 15.3. The first kappa shape index (κ1) is 36.0. The lowest BCUT2D eigenvalue weighted by atomic mass is 9.84. The second-order valence-corrected chi connectivity index (χ2v) is 12.7. The van der Waals surface area contributed by atoms with Crippen molar-refractivity contribution in [3.8, 4) is 17.0 Å². The average Bonchev–Trinajstić information content (AvgIpc) is 3.34. The Labute approximate surface area is 275 Å². The Morgan fingerprint density at radius 2 is 1.79 bits per heavy atom. The lowest BCUT2D eigenvalue weighted by Gasteiger charge is -2.37. The van der Waals surface area contributed by atoms with Gasteiger partial charge in [-0.1, -0.05) is 68.8 Å². The maximum atomic E-state index is 13.5. The summed E-state index contributed by atoms with van der Waals surface area (Å²) in [5, 5.41) is 6.95. The molecule has 256 valence electrons. The van der Waals surface area contributed by atoms with E-state index < -0.39 is 42.4 Å². The number of carbonyl (C=O) groups is 2. The molecule has 1 saturated heterocycles. The summed E-state index contributed by atoms with van der Waals surface area (Å²) in [7, 11) is 0. The minimum absolute atomic E-state index is 0.0332. The maximum Gasteiger partial charge on any atom is 0.410 e. The molecule has 47 heavy (non-hydrogen) atoms. The van der Waals surface area contributed by atoms with Gasteiger partial charge in [0.25, 0.3) is 5.91 Å². The molecule has 1 N–H and O–H groups in total. The predicted octanol–water partition coefficient (Wildman–Crippen LogP) is 8.12. The predicted molar refractivity (Wildman–Crippen MR) is 166 cm³/mol. The molecule has 0 unspecified atom stereocenters. The second kappa shape index (κ2) is 14.9. The minimum atomic E-state index is -4.53. The SMILES string of the molecule is CCn1nc(C(=O)NC[C@@H]2CC[C@@H](C)CN2C(=O)OCc2ccccc2)c(Cl)c1-c1ccc(CC(C)(C)C(F)(F)F)cc1OC(F)F. The van der Waals surface area contributed by atoms with Gasteiger partial charge in [0.15, 0.2) is 5.69 Å². The fourth-order valence-electron chi connectivity index (χ4n) is 5.49. The zero-order chi connectivity index (χ0) is 34.5. The Morgan fingerprint density at radius 3 is 2.43 bits per heavy atom. The highest BCUT2D eigenvalue weighted by atomic mass is 35.5. The van der Waals surface area contributed by atoms with Gasteiger partial charge in [-0.3, -0.25) is 9.48 Å². The summed E-state index contributed by atoms with van der Waals surface area (Å²) in [6.07, 6.45) is -4.06. The second-order valence-electron chi connectivity index (χ2n) is 12.3. The fraction of sp³-hybridized carbons (Fsp3) is 0.485. The van der Waals surface area contributed by atoms with Gasteiger partial charge in [0, 0.05) is 25.2 Å². The molecule has 2 atom stereocenters. The van der Waals surface area contributed by atoms with Crippen molar-refractivity contribution < 1.29 is 41.0 Å². The van der Waals surface area contributed by atoms with Gasteiger partial charge in [-0.15, -0.1) is 0 Å². The molecular weight excluding hydrogens is 647 g/mol. The monoisotopic (exact) mass is 684 g/mol.